The first-order chi connectivity index (χ1) is 10.5. The molecule has 2 aromatic rings. The highest BCUT2D eigenvalue weighted by molar-refractivity contribution is 5.98. The Labute approximate surface area is 127 Å². The molecular weight excluding hydrogens is 285 g/mol. The molecule has 0 radical (unpaired) electrons. The number of hydrogen-bond donors (Lipinski definition) is 0. The molecule has 0 aliphatic heterocycles. The van der Waals surface area contributed by atoms with Crippen LogP contribution in [0.4, 0.5) is 4.39 Å². The van der Waals surface area contributed by atoms with E-state index in [1.165, 1.54) is 25.3 Å². The average molecular weight is 299 g/mol. The SMILES string of the molecule is COC(=O)/C(C#N)=C/c1c(C)nn(-c2ccc(F)cc2)c1C. The van der Waals surface area contributed by atoms with E-state index in [0.717, 1.165) is 5.69 Å². The van der Waals surface area contributed by atoms with Crippen LogP contribution in [0.5, 0.6) is 0 Å². The normalized spacial score (nSPS) is 11.1. The minimum atomic E-state index is -0.698. The number of esters is 1. The molecular formula is C16H14FN3O2. The predicted octanol–water partition coefficient (Wildman–Crippen LogP) is 2.71. The van der Waals surface area contributed by atoms with Crippen molar-refractivity contribution in [3.05, 3.63) is 52.6 Å². The maximum atomic E-state index is 13.0. The first-order valence-corrected chi connectivity index (χ1v) is 6.50. The molecule has 0 saturated carbocycles. The average Bonchev–Trinajstić information content (AvgIpc) is 2.80. The van der Waals surface area contributed by atoms with E-state index in [2.05, 4.69) is 9.84 Å². The zero-order valence-electron chi connectivity index (χ0n) is 12.4. The number of carbonyl (C=O) groups is 1. The van der Waals surface area contributed by atoms with Crippen LogP contribution in [0.2, 0.25) is 0 Å². The van der Waals surface area contributed by atoms with Gasteiger partial charge in [-0.15, -0.1) is 0 Å². The molecule has 0 amide bonds. The molecule has 1 heterocycles. The van der Waals surface area contributed by atoms with Crippen molar-refractivity contribution in [2.24, 2.45) is 0 Å². The second-order valence-corrected chi connectivity index (χ2v) is 4.63. The maximum Gasteiger partial charge on any atom is 0.348 e. The van der Waals surface area contributed by atoms with Gasteiger partial charge in [0.15, 0.2) is 0 Å². The summed E-state index contributed by atoms with van der Waals surface area (Å²) in [6.45, 7) is 3.58. The van der Waals surface area contributed by atoms with Gasteiger partial charge in [-0.05, 0) is 44.2 Å². The van der Waals surface area contributed by atoms with Crippen LogP contribution in [-0.4, -0.2) is 22.9 Å². The van der Waals surface area contributed by atoms with E-state index < -0.39 is 5.97 Å². The van der Waals surface area contributed by atoms with Gasteiger partial charge in [0.05, 0.1) is 18.5 Å². The monoisotopic (exact) mass is 299 g/mol. The highest BCUT2D eigenvalue weighted by Crippen LogP contribution is 2.21. The first-order valence-electron chi connectivity index (χ1n) is 6.50. The molecule has 0 unspecified atom stereocenters. The predicted molar refractivity (Wildman–Crippen MR) is 78.6 cm³/mol. The van der Waals surface area contributed by atoms with Gasteiger partial charge < -0.3 is 4.74 Å². The number of aryl methyl sites for hydroxylation is 1. The summed E-state index contributed by atoms with van der Waals surface area (Å²) in [5.41, 5.74) is 2.64. The Hall–Kier alpha value is -2.94. The molecule has 0 aliphatic rings. The lowest BCUT2D eigenvalue weighted by atomic mass is 10.1. The molecule has 6 heteroatoms. The molecule has 1 aromatic heterocycles. The van der Waals surface area contributed by atoms with Gasteiger partial charge in [-0.2, -0.15) is 10.4 Å². The summed E-state index contributed by atoms with van der Waals surface area (Å²) >= 11 is 0. The summed E-state index contributed by atoms with van der Waals surface area (Å²) < 4.78 is 19.2. The number of ether oxygens (including phenoxy) is 1. The molecule has 0 aliphatic carbocycles. The fraction of sp³-hybridized carbons (Fsp3) is 0.188. The van der Waals surface area contributed by atoms with E-state index >= 15 is 0 Å². The summed E-state index contributed by atoms with van der Waals surface area (Å²) in [4.78, 5) is 11.5. The molecule has 22 heavy (non-hydrogen) atoms. The van der Waals surface area contributed by atoms with Crippen LogP contribution >= 0.6 is 0 Å². The van der Waals surface area contributed by atoms with Crippen LogP contribution in [0.15, 0.2) is 29.8 Å². The smallest absolute Gasteiger partial charge is 0.348 e. The number of benzene rings is 1. The largest absolute Gasteiger partial charge is 0.465 e. The standard InChI is InChI=1S/C16H14FN3O2/c1-10-15(8-12(9-18)16(21)22-3)11(2)20(19-10)14-6-4-13(17)5-7-14/h4-8H,1-3H3/b12-8+. The van der Waals surface area contributed by atoms with Gasteiger partial charge in [0.1, 0.15) is 17.5 Å². The van der Waals surface area contributed by atoms with E-state index in [0.29, 0.717) is 16.9 Å². The molecule has 0 fully saturated rings. The highest BCUT2D eigenvalue weighted by atomic mass is 19.1. The molecule has 0 atom stereocenters. The highest BCUT2D eigenvalue weighted by Gasteiger charge is 2.15. The number of methoxy groups -OCH3 is 1. The van der Waals surface area contributed by atoms with E-state index in [1.807, 2.05) is 13.0 Å². The lowest BCUT2D eigenvalue weighted by Gasteiger charge is -2.04. The fourth-order valence-corrected chi connectivity index (χ4v) is 2.09. The van der Waals surface area contributed by atoms with Crippen LogP contribution in [0, 0.1) is 31.0 Å². The molecule has 2 rings (SSSR count). The first kappa shape index (κ1) is 15.4. The van der Waals surface area contributed by atoms with Crippen molar-refractivity contribution in [1.29, 1.82) is 5.26 Å². The molecule has 0 spiro atoms. The number of halogens is 1. The number of nitrogens with zero attached hydrogens (tertiary/aromatic N) is 3. The minimum absolute atomic E-state index is 0.104. The second-order valence-electron chi connectivity index (χ2n) is 4.63. The van der Waals surface area contributed by atoms with Crippen molar-refractivity contribution in [3.8, 4) is 11.8 Å². The van der Waals surface area contributed by atoms with Crippen molar-refractivity contribution in [2.45, 2.75) is 13.8 Å². The van der Waals surface area contributed by atoms with Gasteiger partial charge in [0.2, 0.25) is 0 Å². The van der Waals surface area contributed by atoms with E-state index in [9.17, 15) is 9.18 Å². The van der Waals surface area contributed by atoms with Gasteiger partial charge in [-0.3, -0.25) is 0 Å². The van der Waals surface area contributed by atoms with E-state index in [1.54, 1.807) is 23.7 Å². The third-order valence-corrected chi connectivity index (χ3v) is 3.23. The number of rotatable bonds is 3. The Morgan fingerprint density at radius 1 is 1.36 bits per heavy atom. The number of carbonyl (C=O) groups excluding carboxylic acids is 1. The van der Waals surface area contributed by atoms with Gasteiger partial charge in [0.25, 0.3) is 0 Å². The lowest BCUT2D eigenvalue weighted by molar-refractivity contribution is -0.135. The Kier molecular flexibility index (Phi) is 4.37. The van der Waals surface area contributed by atoms with Gasteiger partial charge in [-0.25, -0.2) is 13.9 Å². The van der Waals surface area contributed by atoms with Gasteiger partial charge in [0, 0.05) is 11.3 Å². The molecule has 0 bridgehead atoms. The summed E-state index contributed by atoms with van der Waals surface area (Å²) in [5, 5.41) is 13.4. The minimum Gasteiger partial charge on any atom is -0.465 e. The van der Waals surface area contributed by atoms with Gasteiger partial charge in [-0.1, -0.05) is 0 Å². The summed E-state index contributed by atoms with van der Waals surface area (Å²) in [5.74, 6) is -1.03. The quantitative estimate of drug-likeness (QED) is 0.496. The third kappa shape index (κ3) is 2.88. The molecule has 1 aromatic carbocycles. The fourth-order valence-electron chi connectivity index (χ4n) is 2.09. The second kappa shape index (κ2) is 6.22. The Balaban J connectivity index is 2.52. The van der Waals surface area contributed by atoms with Gasteiger partial charge >= 0.3 is 5.97 Å². The van der Waals surface area contributed by atoms with Crippen molar-refractivity contribution in [2.75, 3.05) is 7.11 Å². The Bertz CT molecular complexity index is 783. The summed E-state index contributed by atoms with van der Waals surface area (Å²) in [6, 6.07) is 7.71. The third-order valence-electron chi connectivity index (χ3n) is 3.23. The molecule has 0 saturated heterocycles. The van der Waals surface area contributed by atoms with E-state index in [-0.39, 0.29) is 11.4 Å². The number of hydrogen-bond acceptors (Lipinski definition) is 4. The Morgan fingerprint density at radius 2 is 2.00 bits per heavy atom. The number of nitriles is 1. The zero-order valence-corrected chi connectivity index (χ0v) is 12.4. The molecule has 112 valence electrons. The van der Waals surface area contributed by atoms with Crippen LogP contribution in [0.25, 0.3) is 11.8 Å². The van der Waals surface area contributed by atoms with E-state index in [4.69, 9.17) is 5.26 Å². The van der Waals surface area contributed by atoms with Crippen molar-refractivity contribution in [3.63, 3.8) is 0 Å². The number of aromatic nitrogens is 2. The van der Waals surface area contributed by atoms with Crippen LogP contribution in [0.1, 0.15) is 17.0 Å². The van der Waals surface area contributed by atoms with Crippen LogP contribution in [0.3, 0.4) is 0 Å². The van der Waals surface area contributed by atoms with Crippen molar-refractivity contribution >= 4 is 12.0 Å². The van der Waals surface area contributed by atoms with Crippen molar-refractivity contribution < 1.29 is 13.9 Å². The maximum absolute atomic E-state index is 13.0. The van der Waals surface area contributed by atoms with Crippen LogP contribution < -0.4 is 0 Å². The van der Waals surface area contributed by atoms with Crippen molar-refractivity contribution in [1.82, 2.24) is 9.78 Å². The molecule has 5 nitrogen and oxygen atoms in total. The van der Waals surface area contributed by atoms with Crippen LogP contribution in [-0.2, 0) is 9.53 Å². The molecule has 0 N–H and O–H groups in total. The summed E-state index contributed by atoms with van der Waals surface area (Å²) in [6.07, 6.45) is 1.45. The zero-order chi connectivity index (χ0) is 16.3. The lowest BCUT2D eigenvalue weighted by Crippen LogP contribution is -2.03. The Morgan fingerprint density at radius 3 is 2.55 bits per heavy atom. The topological polar surface area (TPSA) is 67.9 Å². The summed E-state index contributed by atoms with van der Waals surface area (Å²) in [7, 11) is 1.22.